The van der Waals surface area contributed by atoms with Gasteiger partial charge >= 0.3 is 0 Å². The van der Waals surface area contributed by atoms with E-state index in [1.165, 1.54) is 108 Å². The van der Waals surface area contributed by atoms with Gasteiger partial charge in [-0.3, -0.25) is 0 Å². The van der Waals surface area contributed by atoms with Crippen molar-refractivity contribution in [3.8, 4) is 135 Å². The molecule has 0 N–H and O–H groups in total. The minimum Gasteiger partial charge on any atom is -0.228 e. The maximum absolute atomic E-state index is 5.05. The van der Waals surface area contributed by atoms with Crippen LogP contribution < -0.4 is 0 Å². The molecule has 0 fully saturated rings. The number of rotatable bonds is 12. The van der Waals surface area contributed by atoms with E-state index in [1.807, 2.05) is 133 Å². The van der Waals surface area contributed by atoms with Gasteiger partial charge in [-0.15, -0.1) is 0 Å². The average Bonchev–Trinajstić information content (AvgIpc) is 0.745. The van der Waals surface area contributed by atoms with E-state index in [2.05, 4.69) is 334 Å². The maximum Gasteiger partial charge on any atom is 0.164 e. The predicted molar refractivity (Wildman–Crippen MR) is 527 cm³/mol. The zero-order valence-electron chi connectivity index (χ0n) is 68.6. The van der Waals surface area contributed by atoms with Gasteiger partial charge in [0.1, 0.15) is 0 Å². The lowest BCUT2D eigenvalue weighted by Crippen LogP contribution is -2.01. The van der Waals surface area contributed by atoms with Crippen LogP contribution in [-0.4, -0.2) is 34.9 Å². The number of hydrogen-bond donors (Lipinski definition) is 0. The average molecular weight is 1600 g/mol. The largest absolute Gasteiger partial charge is 0.228 e. The molecule has 7 heteroatoms. The molecule has 0 bridgehead atoms. The van der Waals surface area contributed by atoms with Crippen molar-refractivity contribution in [3.63, 3.8) is 0 Å². The van der Waals surface area contributed by atoms with Gasteiger partial charge in [0.2, 0.25) is 0 Å². The molecule has 3 heterocycles. The van der Waals surface area contributed by atoms with Gasteiger partial charge in [0.05, 0.1) is 22.8 Å². The van der Waals surface area contributed by atoms with Crippen molar-refractivity contribution in [2.45, 2.75) is 0 Å². The number of aromatic nitrogens is 7. The van der Waals surface area contributed by atoms with Gasteiger partial charge in [-0.25, -0.2) is 34.9 Å². The Morgan fingerprint density at radius 3 is 0.643 bits per heavy atom. The molecule has 588 valence electrons. The van der Waals surface area contributed by atoms with Gasteiger partial charge in [0.15, 0.2) is 29.1 Å². The third kappa shape index (κ3) is 14.6. The van der Waals surface area contributed by atoms with Gasteiger partial charge in [-0.1, -0.05) is 425 Å². The number of hydrogen-bond acceptors (Lipinski definition) is 7. The highest BCUT2D eigenvalue weighted by Crippen LogP contribution is 2.44. The third-order valence-electron chi connectivity index (χ3n) is 24.0. The van der Waals surface area contributed by atoms with Crippen LogP contribution in [0.5, 0.6) is 0 Å². The Balaban J connectivity index is 0.000000112. The summed E-state index contributed by atoms with van der Waals surface area (Å²) in [5, 5.41) is 22.9. The second kappa shape index (κ2) is 33.3. The lowest BCUT2D eigenvalue weighted by atomic mass is 9.91. The van der Waals surface area contributed by atoms with Gasteiger partial charge in [0, 0.05) is 50.1 Å². The van der Waals surface area contributed by atoms with Crippen molar-refractivity contribution < 1.29 is 0 Å². The van der Waals surface area contributed by atoms with Crippen molar-refractivity contribution in [2.75, 3.05) is 0 Å². The zero-order chi connectivity index (χ0) is 83.6. The standard InChI is InChI=1S/2C40H26N2.C39H25N3/c1-3-12-27(13-4-1)38-26-39(42-40(41-38)28-14-5-2-6-15-28)31-17-11-16-29(24-31)30-22-23-36-34-20-8-7-18-32(34)33-19-9-10-21-35(33)37(36)25-30;1-3-12-27(13-4-1)38-26-39(28-14-5-2-6-15-28)42-40(41-38)31-17-11-16-29(24-31)30-22-23-36-34-20-8-7-18-32(34)33-19-9-10-21-35(33)37(36)25-30;1-3-13-26(14-4-1)37-40-38(27-15-5-2-6-16-27)42-39(41-37)35-22-12-7-17-29(35)28-23-24-34-32-20-9-8-18-30(32)31-19-10-11-21-33(31)36(34)25-28/h2*1-26H;1-25H. The molecule has 0 unspecified atom stereocenters. The summed E-state index contributed by atoms with van der Waals surface area (Å²) in [5.41, 5.74) is 19.7. The van der Waals surface area contributed by atoms with Crippen LogP contribution in [0.3, 0.4) is 0 Å². The molecule has 0 aliphatic rings. The summed E-state index contributed by atoms with van der Waals surface area (Å²) in [5.74, 6) is 3.41. The second-order valence-electron chi connectivity index (χ2n) is 31.7. The Bertz CT molecular complexity index is 7650. The van der Waals surface area contributed by atoms with E-state index in [4.69, 9.17) is 34.9 Å². The Morgan fingerprint density at radius 1 is 0.0952 bits per heavy atom. The molecule has 0 atom stereocenters. The Kier molecular flexibility index (Phi) is 19.9. The summed E-state index contributed by atoms with van der Waals surface area (Å²) in [6, 6.07) is 164. The number of fused-ring (bicyclic) bond motifs is 18. The summed E-state index contributed by atoms with van der Waals surface area (Å²) >= 11 is 0. The monoisotopic (exact) mass is 1600 g/mol. The topological polar surface area (TPSA) is 90.2 Å². The van der Waals surface area contributed by atoms with Crippen molar-refractivity contribution in [2.24, 2.45) is 0 Å². The van der Waals surface area contributed by atoms with Crippen LogP contribution in [0, 0.1) is 0 Å². The fourth-order valence-electron chi connectivity index (χ4n) is 18.0. The summed E-state index contributed by atoms with van der Waals surface area (Å²) < 4.78 is 0. The predicted octanol–water partition coefficient (Wildman–Crippen LogP) is 31.2. The third-order valence-corrected chi connectivity index (χ3v) is 24.0. The quantitative estimate of drug-likeness (QED) is 0.113. The van der Waals surface area contributed by atoms with Crippen LogP contribution in [0.15, 0.2) is 467 Å². The van der Waals surface area contributed by atoms with Crippen molar-refractivity contribution in [3.05, 3.63) is 467 Å². The van der Waals surface area contributed by atoms with Gasteiger partial charge in [0.25, 0.3) is 0 Å². The smallest absolute Gasteiger partial charge is 0.164 e. The van der Waals surface area contributed by atoms with E-state index >= 15 is 0 Å². The molecule has 7 nitrogen and oxygen atoms in total. The molecule has 0 aliphatic carbocycles. The number of nitrogens with zero attached hydrogens (tertiary/aromatic N) is 7. The molecule has 24 rings (SSSR count). The van der Waals surface area contributed by atoms with Crippen LogP contribution in [0.25, 0.3) is 232 Å². The van der Waals surface area contributed by atoms with E-state index in [0.29, 0.717) is 23.3 Å². The van der Waals surface area contributed by atoms with Crippen molar-refractivity contribution in [1.82, 2.24) is 34.9 Å². The fourth-order valence-corrected chi connectivity index (χ4v) is 18.0. The first-order valence-electron chi connectivity index (χ1n) is 42.6. The molecule has 0 aliphatic heterocycles. The maximum atomic E-state index is 5.05. The first-order chi connectivity index (χ1) is 62.5. The summed E-state index contributed by atoms with van der Waals surface area (Å²) in [4.78, 5) is 35.0. The van der Waals surface area contributed by atoms with E-state index in [-0.39, 0.29) is 0 Å². The second-order valence-corrected chi connectivity index (χ2v) is 31.7. The molecule has 21 aromatic carbocycles. The molecule has 0 saturated carbocycles. The van der Waals surface area contributed by atoms with Crippen molar-refractivity contribution >= 4 is 97.0 Å². The Hall–Kier alpha value is -16.9. The summed E-state index contributed by atoms with van der Waals surface area (Å²) in [7, 11) is 0. The minimum atomic E-state index is 0.654. The zero-order valence-corrected chi connectivity index (χ0v) is 68.6. The SMILES string of the molecule is c1ccc(-c2cc(-c3cccc(-c4ccc5c6ccccc6c6ccccc6c5c4)c3)nc(-c3ccccc3)n2)cc1.c1ccc(-c2cc(-c3ccccc3)nc(-c3cccc(-c4ccc5c6ccccc6c6ccccc6c5c4)c3)n2)cc1.c1ccc(-c2nc(-c3ccccc3)nc(-c3ccccc3-c3ccc4c5ccccc5c5ccccc5c4c3)n2)cc1. The van der Waals surface area contributed by atoms with Gasteiger partial charge in [-0.05, 0) is 173 Å². The molecular formula is C119H77N7. The summed E-state index contributed by atoms with van der Waals surface area (Å²) in [6.07, 6.45) is 0. The molecule has 24 aromatic rings. The molecular weight excluding hydrogens is 1530 g/mol. The number of benzene rings is 21. The van der Waals surface area contributed by atoms with Crippen LogP contribution in [0.2, 0.25) is 0 Å². The van der Waals surface area contributed by atoms with Crippen LogP contribution >= 0.6 is 0 Å². The highest BCUT2D eigenvalue weighted by atomic mass is 15.0. The van der Waals surface area contributed by atoms with Crippen LogP contribution in [0.4, 0.5) is 0 Å². The first-order valence-corrected chi connectivity index (χ1v) is 42.6. The molecule has 0 spiro atoms. The highest BCUT2D eigenvalue weighted by Gasteiger charge is 2.21. The molecule has 0 radical (unpaired) electrons. The van der Waals surface area contributed by atoms with E-state index in [1.54, 1.807) is 0 Å². The van der Waals surface area contributed by atoms with E-state index in [0.717, 1.165) is 101 Å². The lowest BCUT2D eigenvalue weighted by molar-refractivity contribution is 1.07. The normalized spacial score (nSPS) is 11.3. The van der Waals surface area contributed by atoms with Gasteiger partial charge in [-0.2, -0.15) is 0 Å². The van der Waals surface area contributed by atoms with E-state index in [9.17, 15) is 0 Å². The molecule has 0 amide bonds. The van der Waals surface area contributed by atoms with Gasteiger partial charge < -0.3 is 0 Å². The fraction of sp³-hybridized carbons (Fsp3) is 0. The van der Waals surface area contributed by atoms with Crippen molar-refractivity contribution in [1.29, 1.82) is 0 Å². The molecule has 126 heavy (non-hydrogen) atoms. The highest BCUT2D eigenvalue weighted by molar-refractivity contribution is 6.28. The first kappa shape index (κ1) is 75.3. The van der Waals surface area contributed by atoms with Crippen LogP contribution in [0.1, 0.15) is 0 Å². The minimum absolute atomic E-state index is 0.654. The van der Waals surface area contributed by atoms with E-state index < -0.39 is 0 Å². The molecule has 3 aromatic heterocycles. The Labute approximate surface area is 729 Å². The molecule has 0 saturated heterocycles. The lowest BCUT2D eigenvalue weighted by Gasteiger charge is -2.14. The summed E-state index contributed by atoms with van der Waals surface area (Å²) in [6.45, 7) is 0. The Morgan fingerprint density at radius 2 is 0.302 bits per heavy atom. The van der Waals surface area contributed by atoms with Crippen LogP contribution in [-0.2, 0) is 0 Å².